The van der Waals surface area contributed by atoms with Gasteiger partial charge in [-0.2, -0.15) is 0 Å². The number of carbonyl (C=O) groups is 1. The topological polar surface area (TPSA) is 75.1 Å². The van der Waals surface area contributed by atoms with E-state index in [1.165, 1.54) is 18.9 Å². The van der Waals surface area contributed by atoms with Crippen molar-refractivity contribution in [2.45, 2.75) is 38.6 Å². The fourth-order valence-electron chi connectivity index (χ4n) is 3.31. The maximum absolute atomic E-state index is 12.2. The molecule has 1 unspecified atom stereocenters. The fourth-order valence-corrected chi connectivity index (χ4v) is 3.31. The van der Waals surface area contributed by atoms with Crippen molar-refractivity contribution >= 4 is 17.0 Å². The van der Waals surface area contributed by atoms with Crippen molar-refractivity contribution in [2.24, 2.45) is 5.92 Å². The van der Waals surface area contributed by atoms with Crippen LogP contribution in [0.25, 0.3) is 11.0 Å². The zero-order valence-electron chi connectivity index (χ0n) is 11.4. The van der Waals surface area contributed by atoms with E-state index >= 15 is 0 Å². The third-order valence-corrected chi connectivity index (χ3v) is 4.45. The van der Waals surface area contributed by atoms with Crippen LogP contribution in [0.15, 0.2) is 23.0 Å². The zero-order valence-corrected chi connectivity index (χ0v) is 11.4. The predicted octanol–water partition coefficient (Wildman–Crippen LogP) is 2.78. The molecule has 0 bridgehead atoms. The molecule has 1 aliphatic rings. The molecule has 1 heterocycles. The molecule has 1 aromatic heterocycles. The van der Waals surface area contributed by atoms with Gasteiger partial charge in [-0.15, -0.1) is 0 Å². The van der Waals surface area contributed by atoms with E-state index < -0.39 is 5.97 Å². The molecule has 106 valence electrons. The van der Waals surface area contributed by atoms with E-state index in [-0.39, 0.29) is 17.3 Å². The second-order valence-electron chi connectivity index (χ2n) is 5.62. The zero-order chi connectivity index (χ0) is 14.3. The highest BCUT2D eigenvalue weighted by Gasteiger charge is 2.25. The number of fused-ring (bicyclic) bond motifs is 1. The number of hydrogen-bond donors (Lipinski definition) is 2. The van der Waals surface area contributed by atoms with E-state index in [1.54, 1.807) is 16.7 Å². The highest BCUT2D eigenvalue weighted by molar-refractivity contribution is 5.92. The van der Waals surface area contributed by atoms with Crippen molar-refractivity contribution in [2.75, 3.05) is 0 Å². The number of H-pyrrole nitrogens is 1. The fraction of sp³-hybridized carbons (Fsp3) is 0.467. The Morgan fingerprint density at radius 2 is 2.10 bits per heavy atom. The summed E-state index contributed by atoms with van der Waals surface area (Å²) in [6, 6.07) is 4.87. The van der Waals surface area contributed by atoms with Crippen molar-refractivity contribution in [1.29, 1.82) is 0 Å². The first-order chi connectivity index (χ1) is 9.58. The van der Waals surface area contributed by atoms with Gasteiger partial charge in [0.15, 0.2) is 0 Å². The highest BCUT2D eigenvalue weighted by atomic mass is 16.4. The average molecular weight is 274 g/mol. The Hall–Kier alpha value is -2.04. The number of nitrogens with zero attached hydrogens (tertiary/aromatic N) is 1. The molecular formula is C15H18N2O3. The molecule has 1 fully saturated rings. The number of carboxylic acid groups (broad SMARTS) is 1. The molecule has 1 aromatic carbocycles. The predicted molar refractivity (Wildman–Crippen MR) is 76.2 cm³/mol. The number of rotatable bonds is 3. The van der Waals surface area contributed by atoms with Gasteiger partial charge in [-0.05, 0) is 43.9 Å². The van der Waals surface area contributed by atoms with Crippen molar-refractivity contribution in [3.05, 3.63) is 34.2 Å². The van der Waals surface area contributed by atoms with Gasteiger partial charge < -0.3 is 10.1 Å². The number of aromatic nitrogens is 2. The summed E-state index contributed by atoms with van der Waals surface area (Å²) in [4.78, 5) is 26.1. The van der Waals surface area contributed by atoms with Gasteiger partial charge in [0.25, 0.3) is 0 Å². The lowest BCUT2D eigenvalue weighted by Gasteiger charge is -2.20. The Morgan fingerprint density at radius 3 is 2.75 bits per heavy atom. The molecule has 1 saturated carbocycles. The van der Waals surface area contributed by atoms with Crippen molar-refractivity contribution in [1.82, 2.24) is 9.55 Å². The smallest absolute Gasteiger partial charge is 0.335 e. The lowest BCUT2D eigenvalue weighted by Crippen LogP contribution is -2.24. The summed E-state index contributed by atoms with van der Waals surface area (Å²) >= 11 is 0. The summed E-state index contributed by atoms with van der Waals surface area (Å²) in [5, 5.41) is 9.09. The molecule has 0 spiro atoms. The minimum absolute atomic E-state index is 0.0998. The molecule has 20 heavy (non-hydrogen) atoms. The summed E-state index contributed by atoms with van der Waals surface area (Å²) in [5.74, 6) is -0.471. The number of nitrogens with one attached hydrogen (secondary N) is 1. The Morgan fingerprint density at radius 1 is 1.40 bits per heavy atom. The minimum Gasteiger partial charge on any atom is -0.478 e. The number of imidazole rings is 1. The summed E-state index contributed by atoms with van der Waals surface area (Å²) in [7, 11) is 0. The van der Waals surface area contributed by atoms with E-state index in [4.69, 9.17) is 5.11 Å². The van der Waals surface area contributed by atoms with Crippen LogP contribution in [0, 0.1) is 5.92 Å². The lowest BCUT2D eigenvalue weighted by molar-refractivity contribution is 0.0697. The summed E-state index contributed by atoms with van der Waals surface area (Å²) in [6.07, 6.45) is 4.71. The van der Waals surface area contributed by atoms with Crippen LogP contribution in [0.2, 0.25) is 0 Å². The molecule has 1 aliphatic carbocycles. The summed E-state index contributed by atoms with van der Waals surface area (Å²) in [6.45, 7) is 2.05. The Labute approximate surface area is 116 Å². The van der Waals surface area contributed by atoms with Gasteiger partial charge in [-0.3, -0.25) is 4.57 Å². The number of aromatic carboxylic acids is 1. The molecule has 3 rings (SSSR count). The molecule has 1 atom stereocenters. The molecule has 5 heteroatoms. The van der Waals surface area contributed by atoms with Crippen molar-refractivity contribution in [3.8, 4) is 0 Å². The average Bonchev–Trinajstić information content (AvgIpc) is 3.03. The first-order valence-corrected chi connectivity index (χ1v) is 7.05. The minimum atomic E-state index is -0.972. The molecule has 0 amide bonds. The van der Waals surface area contributed by atoms with E-state index in [2.05, 4.69) is 11.9 Å². The molecule has 0 radical (unpaired) electrons. The van der Waals surface area contributed by atoms with E-state index in [9.17, 15) is 9.59 Å². The normalized spacial score (nSPS) is 17.6. The molecule has 0 aliphatic heterocycles. The Balaban J connectivity index is 2.13. The Kier molecular flexibility index (Phi) is 3.12. The quantitative estimate of drug-likeness (QED) is 0.903. The van der Waals surface area contributed by atoms with Gasteiger partial charge in [-0.1, -0.05) is 12.8 Å². The monoisotopic (exact) mass is 274 g/mol. The largest absolute Gasteiger partial charge is 0.478 e. The lowest BCUT2D eigenvalue weighted by atomic mass is 9.99. The summed E-state index contributed by atoms with van der Waals surface area (Å²) < 4.78 is 1.72. The molecule has 0 saturated heterocycles. The number of aromatic amines is 1. The van der Waals surface area contributed by atoms with Crippen LogP contribution in [-0.2, 0) is 0 Å². The van der Waals surface area contributed by atoms with Crippen LogP contribution in [0.5, 0.6) is 0 Å². The molecule has 5 nitrogen and oxygen atoms in total. The van der Waals surface area contributed by atoms with E-state index in [1.807, 2.05) is 0 Å². The first-order valence-electron chi connectivity index (χ1n) is 7.05. The third kappa shape index (κ3) is 2.03. The number of carboxylic acids is 1. The van der Waals surface area contributed by atoms with Crippen LogP contribution in [0.3, 0.4) is 0 Å². The maximum atomic E-state index is 12.2. The maximum Gasteiger partial charge on any atom is 0.335 e. The van der Waals surface area contributed by atoms with Gasteiger partial charge in [0, 0.05) is 6.04 Å². The Bertz CT molecular complexity index is 707. The molecular weight excluding hydrogens is 256 g/mol. The molecule has 2 N–H and O–H groups in total. The van der Waals surface area contributed by atoms with Gasteiger partial charge >= 0.3 is 11.7 Å². The second kappa shape index (κ2) is 4.81. The van der Waals surface area contributed by atoms with Gasteiger partial charge in [0.2, 0.25) is 0 Å². The van der Waals surface area contributed by atoms with Gasteiger partial charge in [-0.25, -0.2) is 9.59 Å². The van der Waals surface area contributed by atoms with E-state index in [0.29, 0.717) is 17.0 Å². The van der Waals surface area contributed by atoms with Crippen LogP contribution in [-0.4, -0.2) is 20.6 Å². The standard InChI is InChI=1S/C15H18N2O3/c1-9(10-4-2-3-5-10)17-13-8-11(14(18)19)6-7-12(13)16-15(17)20/h6-10H,2-5H2,1H3,(H,16,20)(H,18,19). The summed E-state index contributed by atoms with van der Waals surface area (Å²) in [5.41, 5.74) is 1.45. The number of hydrogen-bond acceptors (Lipinski definition) is 2. The van der Waals surface area contributed by atoms with Gasteiger partial charge in [0.1, 0.15) is 0 Å². The third-order valence-electron chi connectivity index (χ3n) is 4.45. The van der Waals surface area contributed by atoms with Crippen LogP contribution >= 0.6 is 0 Å². The van der Waals surface area contributed by atoms with Gasteiger partial charge in [0.05, 0.1) is 16.6 Å². The number of benzene rings is 1. The first kappa shape index (κ1) is 13.0. The van der Waals surface area contributed by atoms with Crippen molar-refractivity contribution < 1.29 is 9.90 Å². The van der Waals surface area contributed by atoms with Crippen molar-refractivity contribution in [3.63, 3.8) is 0 Å². The second-order valence-corrected chi connectivity index (χ2v) is 5.62. The molecule has 2 aromatic rings. The SMILES string of the molecule is CC(C1CCCC1)n1c(=O)[nH]c2ccc(C(=O)O)cc21. The highest BCUT2D eigenvalue weighted by Crippen LogP contribution is 2.34. The van der Waals surface area contributed by atoms with E-state index in [0.717, 1.165) is 12.8 Å². The van der Waals surface area contributed by atoms with Crippen LogP contribution in [0.1, 0.15) is 49.0 Å². The van der Waals surface area contributed by atoms with Crippen LogP contribution < -0.4 is 5.69 Å². The van der Waals surface area contributed by atoms with Crippen LogP contribution in [0.4, 0.5) is 0 Å².